The van der Waals surface area contributed by atoms with Gasteiger partial charge in [0.15, 0.2) is 0 Å². The van der Waals surface area contributed by atoms with Gasteiger partial charge in [0.05, 0.1) is 46.9 Å². The third-order valence-corrected chi connectivity index (χ3v) is 18.8. The van der Waals surface area contributed by atoms with Crippen molar-refractivity contribution < 1.29 is 18.9 Å². The van der Waals surface area contributed by atoms with Crippen LogP contribution in [0.15, 0.2) is 231 Å². The summed E-state index contributed by atoms with van der Waals surface area (Å²) >= 11 is 3.39. The lowest BCUT2D eigenvalue weighted by molar-refractivity contribution is 0.305. The average Bonchev–Trinajstić information content (AvgIpc) is 1.08. The molecular weight excluding hydrogens is 1200 g/mol. The minimum absolute atomic E-state index is 0.641. The van der Waals surface area contributed by atoms with Gasteiger partial charge in [-0.25, -0.2) is 9.97 Å². The van der Waals surface area contributed by atoms with E-state index < -0.39 is 0 Å². The first-order chi connectivity index (χ1) is 46.4. The maximum Gasteiger partial charge on any atom is 0.124 e. The van der Waals surface area contributed by atoms with Crippen LogP contribution >= 0.6 is 22.7 Å². The summed E-state index contributed by atoms with van der Waals surface area (Å²) in [4.78, 5) is 14.7. The summed E-state index contributed by atoms with van der Waals surface area (Å²) in [6.45, 7) is 11.6. The summed E-state index contributed by atoms with van der Waals surface area (Å²) in [5.41, 5.74) is 16.2. The van der Waals surface area contributed by atoms with E-state index in [-0.39, 0.29) is 0 Å². The Kier molecular flexibility index (Phi) is 22.2. The normalized spacial score (nSPS) is 11.2. The molecule has 10 aromatic carbocycles. The van der Waals surface area contributed by atoms with E-state index in [1.54, 1.807) is 22.7 Å². The Morgan fingerprint density at radius 2 is 0.723 bits per heavy atom. The summed E-state index contributed by atoms with van der Waals surface area (Å²) in [5.74, 6) is 3.49. The number of anilines is 10. The van der Waals surface area contributed by atoms with E-state index in [0.717, 1.165) is 197 Å². The smallest absolute Gasteiger partial charge is 0.124 e. The molecule has 0 spiro atoms. The molecule has 0 fully saturated rings. The topological polar surface area (TPSA) is 93.2 Å². The monoisotopic (exact) mass is 1280 g/mol. The Balaban J connectivity index is 0.826. The van der Waals surface area contributed by atoms with E-state index in [1.807, 2.05) is 18.2 Å². The number of unbranched alkanes of at least 4 members (excludes halogenated alkanes) is 8. The molecule has 2 N–H and O–H groups in total. The Bertz CT molecular complexity index is 4330. The molecular formula is C82H84N6O4S2. The van der Waals surface area contributed by atoms with Crippen LogP contribution in [-0.2, 0) is 0 Å². The SMILES string of the molecule is CCCCCCCCOc1ccc2nc(-c3ccc(N(c4ccc(Nc5ccc(OCCCC)cc5)cc4)c4cccc(-c5cc(OCCCC)ccc5Nc5ccc(N(c6ccccc6)c6ccc(-c7nc8ccc(OCCCC)cc8s7)cc6)cc5)c4)cc3)sc2c1. The summed E-state index contributed by atoms with van der Waals surface area (Å²) in [5, 5.41) is 9.40. The largest absolute Gasteiger partial charge is 0.494 e. The number of benzene rings is 10. The van der Waals surface area contributed by atoms with Gasteiger partial charge >= 0.3 is 0 Å². The van der Waals surface area contributed by atoms with Gasteiger partial charge in [-0.3, -0.25) is 0 Å². The Morgan fingerprint density at radius 3 is 1.26 bits per heavy atom. The van der Waals surface area contributed by atoms with Crippen LogP contribution in [0.3, 0.4) is 0 Å². The number of ether oxygens (including phenoxy) is 4. The molecule has 0 aliphatic heterocycles. The number of nitrogens with zero attached hydrogens (tertiary/aromatic N) is 4. The number of fused-ring (bicyclic) bond motifs is 2. The Morgan fingerprint density at radius 1 is 0.319 bits per heavy atom. The molecule has 0 aliphatic carbocycles. The summed E-state index contributed by atoms with van der Waals surface area (Å²) < 4.78 is 26.9. The third kappa shape index (κ3) is 16.6. The van der Waals surface area contributed by atoms with Crippen molar-refractivity contribution in [3.8, 4) is 55.3 Å². The zero-order valence-electron chi connectivity index (χ0n) is 54.5. The molecule has 10 nitrogen and oxygen atoms in total. The molecule has 0 bridgehead atoms. The number of para-hydroxylation sites is 1. The molecule has 12 rings (SSSR count). The van der Waals surface area contributed by atoms with E-state index in [2.05, 4.69) is 260 Å². The van der Waals surface area contributed by atoms with E-state index >= 15 is 0 Å². The maximum atomic E-state index is 6.43. The van der Waals surface area contributed by atoms with E-state index in [0.29, 0.717) is 6.61 Å². The van der Waals surface area contributed by atoms with Crippen molar-refractivity contribution in [1.29, 1.82) is 0 Å². The van der Waals surface area contributed by atoms with Gasteiger partial charge in [-0.05, 0) is 231 Å². The standard InChI is InChI=1S/C82H84N6O4S2/c1-5-9-13-14-15-19-54-92-74-47-50-78-80(58-74)94-82(86-78)60-27-37-67(38-28-60)88(69-39-29-62(30-40-69)83-63-33-43-71(44-34-63)89-51-10-6-2)70-24-20-21-61(55-70)75-56-72(90-52-11-7-3)45-48-76(75)84-64-31-41-68(42-32-64)87(65-22-17-16-18-23-65)66-35-25-59(26-36-66)81-85-77-49-46-73(57-79(77)93-81)91-53-12-8-4/h16-18,20-50,55-58,83-84H,5-15,19,51-54H2,1-4H3. The second-order valence-corrected chi connectivity index (χ2v) is 25.8. The zero-order valence-corrected chi connectivity index (χ0v) is 56.1. The van der Waals surface area contributed by atoms with Crippen LogP contribution in [0.5, 0.6) is 23.0 Å². The first kappa shape index (κ1) is 64.5. The summed E-state index contributed by atoms with van der Waals surface area (Å²) in [6, 6.07) is 81.3. The van der Waals surface area contributed by atoms with Crippen LogP contribution in [0.4, 0.5) is 56.9 Å². The van der Waals surface area contributed by atoms with Crippen molar-refractivity contribution in [1.82, 2.24) is 9.97 Å². The van der Waals surface area contributed by atoms with Crippen molar-refractivity contribution in [3.63, 3.8) is 0 Å². The lowest BCUT2D eigenvalue weighted by atomic mass is 10.0. The molecule has 94 heavy (non-hydrogen) atoms. The Labute approximate surface area is 562 Å². The van der Waals surface area contributed by atoms with E-state index in [4.69, 9.17) is 28.9 Å². The van der Waals surface area contributed by atoms with Crippen LogP contribution in [-0.4, -0.2) is 36.4 Å². The third-order valence-electron chi connectivity index (χ3n) is 16.6. The molecule has 0 aliphatic rings. The van der Waals surface area contributed by atoms with Crippen LogP contribution in [0.2, 0.25) is 0 Å². The molecule has 0 amide bonds. The van der Waals surface area contributed by atoms with Crippen LogP contribution in [0.25, 0.3) is 52.7 Å². The minimum atomic E-state index is 0.641. The van der Waals surface area contributed by atoms with Gasteiger partial charge in [0.2, 0.25) is 0 Å². The van der Waals surface area contributed by atoms with Crippen molar-refractivity contribution in [2.45, 2.75) is 105 Å². The van der Waals surface area contributed by atoms with E-state index in [9.17, 15) is 0 Å². The summed E-state index contributed by atoms with van der Waals surface area (Å²) in [7, 11) is 0. The van der Waals surface area contributed by atoms with Crippen LogP contribution < -0.4 is 39.4 Å². The number of rotatable bonds is 33. The van der Waals surface area contributed by atoms with Crippen LogP contribution in [0.1, 0.15) is 105 Å². The minimum Gasteiger partial charge on any atom is -0.494 e. The van der Waals surface area contributed by atoms with Gasteiger partial charge < -0.3 is 39.4 Å². The first-order valence-corrected chi connectivity index (χ1v) is 35.3. The fourth-order valence-electron chi connectivity index (χ4n) is 11.4. The molecule has 0 saturated heterocycles. The molecule has 0 unspecified atom stereocenters. The lowest BCUT2D eigenvalue weighted by Gasteiger charge is -2.27. The van der Waals surface area contributed by atoms with Gasteiger partial charge in [0.25, 0.3) is 0 Å². The van der Waals surface area contributed by atoms with Gasteiger partial charge in [0.1, 0.15) is 33.0 Å². The average molecular weight is 1280 g/mol. The molecule has 0 saturated carbocycles. The van der Waals surface area contributed by atoms with Crippen LogP contribution in [0, 0.1) is 0 Å². The predicted octanol–water partition coefficient (Wildman–Crippen LogP) is 24.6. The highest BCUT2D eigenvalue weighted by molar-refractivity contribution is 7.22. The number of nitrogens with one attached hydrogen (secondary N) is 2. The van der Waals surface area contributed by atoms with Crippen molar-refractivity contribution in [2.75, 3.05) is 46.9 Å². The molecule has 0 atom stereocenters. The van der Waals surface area contributed by atoms with Crippen molar-refractivity contribution in [3.05, 3.63) is 231 Å². The van der Waals surface area contributed by atoms with Gasteiger partial charge in [-0.15, -0.1) is 22.7 Å². The van der Waals surface area contributed by atoms with Crippen molar-refractivity contribution in [2.24, 2.45) is 0 Å². The maximum absolute atomic E-state index is 6.43. The number of hydrogen-bond donors (Lipinski definition) is 2. The molecule has 12 heteroatoms. The highest BCUT2D eigenvalue weighted by Gasteiger charge is 2.19. The Hall–Kier alpha value is -9.62. The summed E-state index contributed by atoms with van der Waals surface area (Å²) in [6.07, 6.45) is 13.7. The molecule has 12 aromatic rings. The first-order valence-electron chi connectivity index (χ1n) is 33.7. The highest BCUT2D eigenvalue weighted by atomic mass is 32.1. The highest BCUT2D eigenvalue weighted by Crippen LogP contribution is 2.43. The molecule has 0 radical (unpaired) electrons. The molecule has 478 valence electrons. The van der Waals surface area contributed by atoms with Gasteiger partial charge in [-0.2, -0.15) is 0 Å². The number of hydrogen-bond acceptors (Lipinski definition) is 12. The quantitative estimate of drug-likeness (QED) is 0.0388. The second-order valence-electron chi connectivity index (χ2n) is 23.7. The van der Waals surface area contributed by atoms with Crippen molar-refractivity contribution >= 4 is 100.0 Å². The molecule has 2 heterocycles. The number of thiazole rings is 2. The lowest BCUT2D eigenvalue weighted by Crippen LogP contribution is -2.10. The van der Waals surface area contributed by atoms with E-state index in [1.165, 1.54) is 32.1 Å². The van der Waals surface area contributed by atoms with Gasteiger partial charge in [-0.1, -0.05) is 109 Å². The second kappa shape index (κ2) is 32.3. The predicted molar refractivity (Wildman–Crippen MR) is 398 cm³/mol. The fraction of sp³-hybridized carbons (Fsp3) is 0.244. The van der Waals surface area contributed by atoms with Gasteiger partial charge in [0, 0.05) is 73.6 Å². The fourth-order valence-corrected chi connectivity index (χ4v) is 13.4. The number of aromatic nitrogens is 2. The molecule has 2 aromatic heterocycles. The zero-order chi connectivity index (χ0) is 64.3.